The van der Waals surface area contributed by atoms with E-state index in [1.54, 1.807) is 14.1 Å². The summed E-state index contributed by atoms with van der Waals surface area (Å²) in [4.78, 5) is 26.8. The van der Waals surface area contributed by atoms with Gasteiger partial charge in [-0.05, 0) is 11.1 Å². The van der Waals surface area contributed by atoms with Gasteiger partial charge < -0.3 is 19.3 Å². The van der Waals surface area contributed by atoms with Crippen molar-refractivity contribution in [1.82, 2.24) is 9.80 Å². The van der Waals surface area contributed by atoms with E-state index in [4.69, 9.17) is 9.47 Å². The number of rotatable bonds is 8. The lowest BCUT2D eigenvalue weighted by atomic mass is 10.2. The first-order valence-corrected chi connectivity index (χ1v) is 8.71. The van der Waals surface area contributed by atoms with Crippen molar-refractivity contribution >= 4 is 12.2 Å². The van der Waals surface area contributed by atoms with E-state index in [2.05, 4.69) is 0 Å². The number of hydrogen-bond donors (Lipinski definition) is 0. The van der Waals surface area contributed by atoms with Gasteiger partial charge in [-0.15, -0.1) is 0 Å². The molecule has 2 rings (SSSR count). The highest BCUT2D eigenvalue weighted by molar-refractivity contribution is 5.68. The first-order chi connectivity index (χ1) is 13.1. The van der Waals surface area contributed by atoms with Gasteiger partial charge in [-0.2, -0.15) is 0 Å². The van der Waals surface area contributed by atoms with Crippen LogP contribution in [0.1, 0.15) is 11.1 Å². The van der Waals surface area contributed by atoms with E-state index in [0.29, 0.717) is 13.1 Å². The standard InChI is InChI=1S/C21H25N2O4/c1-22(20(24)26-16-18-10-5-3-6-11-18)14-9-15-23(2)21(25)27-17-19-12-7-4-8-13-19/h3-13H,14-17H2,1-2H3. The van der Waals surface area contributed by atoms with Crippen LogP contribution in [0.3, 0.4) is 0 Å². The number of ether oxygens (including phenoxy) is 2. The molecule has 0 aromatic heterocycles. The monoisotopic (exact) mass is 369 g/mol. The predicted molar refractivity (Wildman–Crippen MR) is 103 cm³/mol. The molecule has 0 unspecified atom stereocenters. The smallest absolute Gasteiger partial charge is 0.409 e. The summed E-state index contributed by atoms with van der Waals surface area (Å²) in [5, 5.41) is 0. The quantitative estimate of drug-likeness (QED) is 0.711. The van der Waals surface area contributed by atoms with E-state index < -0.39 is 12.2 Å². The Hall–Kier alpha value is -3.02. The highest BCUT2D eigenvalue weighted by Crippen LogP contribution is 2.04. The molecule has 0 bridgehead atoms. The summed E-state index contributed by atoms with van der Waals surface area (Å²) in [6.45, 7) is 1.19. The second-order valence-electron chi connectivity index (χ2n) is 6.13. The maximum absolute atomic E-state index is 12.0. The summed E-state index contributed by atoms with van der Waals surface area (Å²) in [6.07, 6.45) is 0.988. The summed E-state index contributed by atoms with van der Waals surface area (Å²) < 4.78 is 10.5. The first kappa shape index (κ1) is 20.3. The van der Waals surface area contributed by atoms with Crippen LogP contribution in [0.5, 0.6) is 0 Å². The fourth-order valence-corrected chi connectivity index (χ4v) is 2.25. The number of carbonyl (C=O) groups excluding carboxylic acids is 2. The van der Waals surface area contributed by atoms with Crippen molar-refractivity contribution < 1.29 is 19.1 Å². The Labute approximate surface area is 160 Å². The van der Waals surface area contributed by atoms with E-state index in [-0.39, 0.29) is 13.2 Å². The summed E-state index contributed by atoms with van der Waals surface area (Å²) >= 11 is 0. The highest BCUT2D eigenvalue weighted by atomic mass is 16.6. The van der Waals surface area contributed by atoms with Crippen molar-refractivity contribution in [1.29, 1.82) is 0 Å². The molecular formula is C21H25N2O4. The van der Waals surface area contributed by atoms with Crippen LogP contribution in [0.4, 0.5) is 9.59 Å². The highest BCUT2D eigenvalue weighted by Gasteiger charge is 2.13. The van der Waals surface area contributed by atoms with Crippen LogP contribution >= 0.6 is 0 Å². The molecule has 27 heavy (non-hydrogen) atoms. The van der Waals surface area contributed by atoms with Gasteiger partial charge in [-0.25, -0.2) is 9.59 Å². The summed E-state index contributed by atoms with van der Waals surface area (Å²) in [5.41, 5.74) is 1.87. The van der Waals surface area contributed by atoms with Crippen LogP contribution in [0.25, 0.3) is 0 Å². The zero-order valence-corrected chi connectivity index (χ0v) is 15.7. The average molecular weight is 369 g/mol. The van der Waals surface area contributed by atoms with Crippen LogP contribution in [0, 0.1) is 6.42 Å². The van der Waals surface area contributed by atoms with E-state index in [9.17, 15) is 9.59 Å². The molecule has 2 aromatic carbocycles. The maximum atomic E-state index is 12.0. The van der Waals surface area contributed by atoms with Crippen molar-refractivity contribution in [2.45, 2.75) is 13.2 Å². The minimum Gasteiger partial charge on any atom is -0.445 e. The number of hydrogen-bond acceptors (Lipinski definition) is 4. The van der Waals surface area contributed by atoms with Crippen molar-refractivity contribution in [3.05, 3.63) is 78.2 Å². The summed E-state index contributed by atoms with van der Waals surface area (Å²) in [7, 11) is 3.30. The fraction of sp³-hybridized carbons (Fsp3) is 0.286. The normalized spacial score (nSPS) is 10.1. The van der Waals surface area contributed by atoms with Gasteiger partial charge in [-0.3, -0.25) is 0 Å². The molecule has 6 heteroatoms. The molecule has 0 saturated heterocycles. The lowest BCUT2D eigenvalue weighted by Crippen LogP contribution is -2.33. The second kappa shape index (κ2) is 10.9. The Morgan fingerprint density at radius 1 is 0.741 bits per heavy atom. The van der Waals surface area contributed by atoms with Gasteiger partial charge in [0.1, 0.15) is 13.2 Å². The molecule has 0 aliphatic rings. The Bertz CT molecular complexity index is 645. The first-order valence-electron chi connectivity index (χ1n) is 8.71. The summed E-state index contributed by atoms with van der Waals surface area (Å²) in [5.74, 6) is 0. The molecule has 0 aliphatic carbocycles. The van der Waals surface area contributed by atoms with Crippen molar-refractivity contribution in [3.63, 3.8) is 0 Å². The Morgan fingerprint density at radius 2 is 1.11 bits per heavy atom. The zero-order chi connectivity index (χ0) is 19.5. The van der Waals surface area contributed by atoms with Crippen molar-refractivity contribution in [3.8, 4) is 0 Å². The lowest BCUT2D eigenvalue weighted by molar-refractivity contribution is 0.102. The molecule has 2 aromatic rings. The summed E-state index contributed by atoms with van der Waals surface area (Å²) in [6, 6.07) is 19.0. The minimum atomic E-state index is -0.413. The van der Waals surface area contributed by atoms with Gasteiger partial charge in [0.25, 0.3) is 0 Å². The van der Waals surface area contributed by atoms with Crippen LogP contribution in [-0.2, 0) is 22.7 Å². The third kappa shape index (κ3) is 7.40. The fourth-order valence-electron chi connectivity index (χ4n) is 2.25. The van der Waals surface area contributed by atoms with Crippen molar-refractivity contribution in [2.75, 3.05) is 27.2 Å². The number of benzene rings is 2. The molecule has 6 nitrogen and oxygen atoms in total. The largest absolute Gasteiger partial charge is 0.445 e. The molecular weight excluding hydrogens is 344 g/mol. The van der Waals surface area contributed by atoms with Crippen molar-refractivity contribution in [2.24, 2.45) is 0 Å². The Kier molecular flexibility index (Phi) is 8.16. The van der Waals surface area contributed by atoms with Crippen LogP contribution in [0.15, 0.2) is 60.7 Å². The van der Waals surface area contributed by atoms with Gasteiger partial charge in [0, 0.05) is 33.6 Å². The molecule has 0 heterocycles. The lowest BCUT2D eigenvalue weighted by Gasteiger charge is -2.20. The second-order valence-corrected chi connectivity index (χ2v) is 6.13. The molecule has 0 fully saturated rings. The SMILES string of the molecule is CN(C[CH]CN(C)C(=O)OCc1ccccc1)C(=O)OCc1ccccc1. The van der Waals surface area contributed by atoms with Crippen LogP contribution < -0.4 is 0 Å². The Balaban J connectivity index is 1.62. The van der Waals surface area contributed by atoms with Gasteiger partial charge in [0.05, 0.1) is 0 Å². The molecule has 2 amide bonds. The third-order valence-corrected chi connectivity index (χ3v) is 3.84. The van der Waals surface area contributed by atoms with Gasteiger partial charge in [0.2, 0.25) is 0 Å². The maximum Gasteiger partial charge on any atom is 0.409 e. The third-order valence-electron chi connectivity index (χ3n) is 3.84. The molecule has 0 N–H and O–H groups in total. The van der Waals surface area contributed by atoms with Crippen LogP contribution in [0.2, 0.25) is 0 Å². The molecule has 0 aliphatic heterocycles. The van der Waals surface area contributed by atoms with E-state index in [0.717, 1.165) is 11.1 Å². The molecule has 143 valence electrons. The molecule has 0 saturated carbocycles. The van der Waals surface area contributed by atoms with E-state index >= 15 is 0 Å². The van der Waals surface area contributed by atoms with E-state index in [1.807, 2.05) is 67.1 Å². The Morgan fingerprint density at radius 3 is 1.48 bits per heavy atom. The number of nitrogens with zero attached hydrogens (tertiary/aromatic N) is 2. The molecule has 0 spiro atoms. The predicted octanol–water partition coefficient (Wildman–Crippen LogP) is 3.73. The molecule has 0 atom stereocenters. The topological polar surface area (TPSA) is 59.1 Å². The number of amides is 2. The van der Waals surface area contributed by atoms with E-state index in [1.165, 1.54) is 9.80 Å². The average Bonchev–Trinajstić information content (AvgIpc) is 2.71. The van der Waals surface area contributed by atoms with Gasteiger partial charge in [0.15, 0.2) is 0 Å². The zero-order valence-electron chi connectivity index (χ0n) is 15.7. The van der Waals surface area contributed by atoms with Gasteiger partial charge >= 0.3 is 12.2 Å². The van der Waals surface area contributed by atoms with Crippen LogP contribution in [-0.4, -0.2) is 49.2 Å². The number of carbonyl (C=O) groups is 2. The minimum absolute atomic E-state index is 0.232. The van der Waals surface area contributed by atoms with Gasteiger partial charge in [-0.1, -0.05) is 60.7 Å². The molecule has 1 radical (unpaired) electrons.